The molecule has 0 aromatic heterocycles. The standard InChI is InChI=1S/C16H24O2/c1-3-4-5-6-7-8-12-16(17)18-15-11-9-10-14(2)13-15/h9-11,13H,3-8,12H2,1-2H3. The van der Waals surface area contributed by atoms with Gasteiger partial charge in [-0.1, -0.05) is 51.2 Å². The van der Waals surface area contributed by atoms with E-state index in [1.54, 1.807) is 0 Å². The Labute approximate surface area is 110 Å². The summed E-state index contributed by atoms with van der Waals surface area (Å²) in [6.07, 6.45) is 7.66. The van der Waals surface area contributed by atoms with Gasteiger partial charge in [0.25, 0.3) is 0 Å². The molecular weight excluding hydrogens is 224 g/mol. The molecule has 0 bridgehead atoms. The van der Waals surface area contributed by atoms with Gasteiger partial charge in [-0.2, -0.15) is 0 Å². The van der Waals surface area contributed by atoms with Gasteiger partial charge in [-0.25, -0.2) is 0 Å². The average molecular weight is 248 g/mol. The second-order valence-electron chi connectivity index (χ2n) is 4.81. The van der Waals surface area contributed by atoms with E-state index in [-0.39, 0.29) is 5.97 Å². The van der Waals surface area contributed by atoms with Gasteiger partial charge >= 0.3 is 5.97 Å². The van der Waals surface area contributed by atoms with E-state index in [0.717, 1.165) is 18.4 Å². The second-order valence-corrected chi connectivity index (χ2v) is 4.81. The van der Waals surface area contributed by atoms with Crippen molar-refractivity contribution in [1.82, 2.24) is 0 Å². The van der Waals surface area contributed by atoms with Gasteiger partial charge in [0.15, 0.2) is 0 Å². The predicted octanol–water partition coefficient (Wildman–Crippen LogP) is 4.65. The monoisotopic (exact) mass is 248 g/mol. The number of unbranched alkanes of at least 4 members (excludes halogenated alkanes) is 5. The normalized spacial score (nSPS) is 10.3. The summed E-state index contributed by atoms with van der Waals surface area (Å²) in [6, 6.07) is 7.61. The Hall–Kier alpha value is -1.31. The van der Waals surface area contributed by atoms with E-state index >= 15 is 0 Å². The molecule has 18 heavy (non-hydrogen) atoms. The highest BCUT2D eigenvalue weighted by atomic mass is 16.5. The molecule has 0 heterocycles. The molecular formula is C16H24O2. The van der Waals surface area contributed by atoms with Gasteiger partial charge in [0.05, 0.1) is 0 Å². The van der Waals surface area contributed by atoms with E-state index in [1.165, 1.54) is 25.7 Å². The maximum absolute atomic E-state index is 11.6. The van der Waals surface area contributed by atoms with Crippen molar-refractivity contribution >= 4 is 5.97 Å². The fraction of sp³-hybridized carbons (Fsp3) is 0.562. The molecule has 2 nitrogen and oxygen atoms in total. The molecule has 0 saturated carbocycles. The molecule has 1 aromatic rings. The van der Waals surface area contributed by atoms with Crippen LogP contribution in [-0.4, -0.2) is 5.97 Å². The second kappa shape index (κ2) is 8.73. The number of hydrogen-bond donors (Lipinski definition) is 0. The van der Waals surface area contributed by atoms with E-state index in [0.29, 0.717) is 12.2 Å². The number of carbonyl (C=O) groups excluding carboxylic acids is 1. The van der Waals surface area contributed by atoms with Crippen LogP contribution in [-0.2, 0) is 4.79 Å². The lowest BCUT2D eigenvalue weighted by atomic mass is 10.1. The van der Waals surface area contributed by atoms with Crippen LogP contribution in [0.1, 0.15) is 57.4 Å². The lowest BCUT2D eigenvalue weighted by Crippen LogP contribution is -2.07. The van der Waals surface area contributed by atoms with E-state index in [1.807, 2.05) is 31.2 Å². The highest BCUT2D eigenvalue weighted by molar-refractivity contribution is 5.72. The van der Waals surface area contributed by atoms with Crippen LogP contribution in [0, 0.1) is 6.92 Å². The van der Waals surface area contributed by atoms with Crippen LogP contribution >= 0.6 is 0 Å². The molecule has 1 aromatic carbocycles. The van der Waals surface area contributed by atoms with Gasteiger partial charge in [-0.15, -0.1) is 0 Å². The summed E-state index contributed by atoms with van der Waals surface area (Å²) in [5, 5.41) is 0. The maximum atomic E-state index is 11.6. The van der Waals surface area contributed by atoms with Crippen LogP contribution in [0.3, 0.4) is 0 Å². The third kappa shape index (κ3) is 6.43. The summed E-state index contributed by atoms with van der Waals surface area (Å²) in [5.41, 5.74) is 1.11. The molecule has 0 atom stereocenters. The zero-order valence-corrected chi connectivity index (χ0v) is 11.6. The lowest BCUT2D eigenvalue weighted by Gasteiger charge is -2.05. The van der Waals surface area contributed by atoms with Gasteiger partial charge in [0.1, 0.15) is 5.75 Å². The molecule has 0 spiro atoms. The Balaban J connectivity index is 2.14. The van der Waals surface area contributed by atoms with Crippen LogP contribution in [0.4, 0.5) is 0 Å². The van der Waals surface area contributed by atoms with Crippen LogP contribution in [0.5, 0.6) is 5.75 Å². The van der Waals surface area contributed by atoms with Crippen molar-refractivity contribution in [1.29, 1.82) is 0 Å². The van der Waals surface area contributed by atoms with Crippen molar-refractivity contribution < 1.29 is 9.53 Å². The minimum absolute atomic E-state index is 0.115. The van der Waals surface area contributed by atoms with Gasteiger partial charge < -0.3 is 4.74 Å². The summed E-state index contributed by atoms with van der Waals surface area (Å²) >= 11 is 0. The SMILES string of the molecule is CCCCCCCCC(=O)Oc1cccc(C)c1. The smallest absolute Gasteiger partial charge is 0.311 e. The lowest BCUT2D eigenvalue weighted by molar-refractivity contribution is -0.134. The fourth-order valence-electron chi connectivity index (χ4n) is 1.91. The zero-order chi connectivity index (χ0) is 13.2. The molecule has 0 unspecified atom stereocenters. The first-order chi connectivity index (χ1) is 8.72. The summed E-state index contributed by atoms with van der Waals surface area (Å²) in [4.78, 5) is 11.6. The summed E-state index contributed by atoms with van der Waals surface area (Å²) in [6.45, 7) is 4.20. The highest BCUT2D eigenvalue weighted by Gasteiger charge is 2.04. The summed E-state index contributed by atoms with van der Waals surface area (Å²) < 4.78 is 5.28. The van der Waals surface area contributed by atoms with Gasteiger partial charge in [-0.3, -0.25) is 4.79 Å². The first-order valence-corrected chi connectivity index (χ1v) is 6.99. The van der Waals surface area contributed by atoms with Gasteiger partial charge in [0.2, 0.25) is 0 Å². The molecule has 2 heteroatoms. The number of esters is 1. The minimum Gasteiger partial charge on any atom is -0.427 e. The largest absolute Gasteiger partial charge is 0.427 e. The van der Waals surface area contributed by atoms with Crippen molar-refractivity contribution in [3.05, 3.63) is 29.8 Å². The summed E-state index contributed by atoms with van der Waals surface area (Å²) in [7, 11) is 0. The van der Waals surface area contributed by atoms with Crippen molar-refractivity contribution in [2.45, 2.75) is 58.8 Å². The van der Waals surface area contributed by atoms with E-state index in [4.69, 9.17) is 4.74 Å². The number of aryl methyl sites for hydroxylation is 1. The molecule has 0 aliphatic rings. The highest BCUT2D eigenvalue weighted by Crippen LogP contribution is 2.14. The maximum Gasteiger partial charge on any atom is 0.311 e. The Kier molecular flexibility index (Phi) is 7.16. The third-order valence-corrected chi connectivity index (χ3v) is 2.96. The average Bonchev–Trinajstić information content (AvgIpc) is 2.33. The zero-order valence-electron chi connectivity index (χ0n) is 11.6. The number of carbonyl (C=O) groups is 1. The van der Waals surface area contributed by atoms with Crippen LogP contribution in [0.15, 0.2) is 24.3 Å². The van der Waals surface area contributed by atoms with Crippen LogP contribution in [0.2, 0.25) is 0 Å². The van der Waals surface area contributed by atoms with E-state index < -0.39 is 0 Å². The molecule has 0 aliphatic heterocycles. The van der Waals surface area contributed by atoms with E-state index in [2.05, 4.69) is 6.92 Å². The van der Waals surface area contributed by atoms with Crippen molar-refractivity contribution in [3.63, 3.8) is 0 Å². The predicted molar refractivity (Wildman–Crippen MR) is 74.8 cm³/mol. The number of hydrogen-bond acceptors (Lipinski definition) is 2. The molecule has 0 aliphatic carbocycles. The molecule has 0 N–H and O–H groups in total. The number of benzene rings is 1. The Bertz CT molecular complexity index is 358. The number of ether oxygens (including phenoxy) is 1. The van der Waals surface area contributed by atoms with Gasteiger partial charge in [-0.05, 0) is 31.0 Å². The third-order valence-electron chi connectivity index (χ3n) is 2.96. The molecule has 100 valence electrons. The molecule has 0 fully saturated rings. The Morgan fingerprint density at radius 2 is 1.83 bits per heavy atom. The quantitative estimate of drug-likeness (QED) is 0.380. The van der Waals surface area contributed by atoms with Crippen molar-refractivity contribution in [2.75, 3.05) is 0 Å². The topological polar surface area (TPSA) is 26.3 Å². The Morgan fingerprint density at radius 3 is 2.56 bits per heavy atom. The van der Waals surface area contributed by atoms with Crippen LogP contribution in [0.25, 0.3) is 0 Å². The summed E-state index contributed by atoms with van der Waals surface area (Å²) in [5.74, 6) is 0.544. The molecule has 1 rings (SSSR count). The fourth-order valence-corrected chi connectivity index (χ4v) is 1.91. The van der Waals surface area contributed by atoms with Crippen molar-refractivity contribution in [2.24, 2.45) is 0 Å². The number of rotatable bonds is 8. The van der Waals surface area contributed by atoms with E-state index in [9.17, 15) is 4.79 Å². The van der Waals surface area contributed by atoms with Crippen molar-refractivity contribution in [3.8, 4) is 5.75 Å². The Morgan fingerprint density at radius 1 is 1.11 bits per heavy atom. The minimum atomic E-state index is -0.115. The molecule has 0 saturated heterocycles. The molecule has 0 radical (unpaired) electrons. The molecule has 0 amide bonds. The first kappa shape index (κ1) is 14.7. The first-order valence-electron chi connectivity index (χ1n) is 6.99. The van der Waals surface area contributed by atoms with Gasteiger partial charge in [0, 0.05) is 6.42 Å². The van der Waals surface area contributed by atoms with Crippen LogP contribution < -0.4 is 4.74 Å².